The standard InChI is InChI=1S/C17H18FN3O2/c1-21(2)17(23)12-4-3-5-15(10-12)20-16(22)11-19-14-8-6-13(18)7-9-14/h3-10,19H,11H2,1-2H3,(H,20,22). The first-order valence-electron chi connectivity index (χ1n) is 7.07. The molecule has 0 unspecified atom stereocenters. The van der Waals surface area contributed by atoms with Crippen LogP contribution in [-0.4, -0.2) is 37.4 Å². The smallest absolute Gasteiger partial charge is 0.253 e. The summed E-state index contributed by atoms with van der Waals surface area (Å²) in [6, 6.07) is 12.5. The summed E-state index contributed by atoms with van der Waals surface area (Å²) >= 11 is 0. The van der Waals surface area contributed by atoms with Crippen molar-refractivity contribution in [1.29, 1.82) is 0 Å². The van der Waals surface area contributed by atoms with Gasteiger partial charge in [0.15, 0.2) is 0 Å². The van der Waals surface area contributed by atoms with Crippen LogP contribution in [0.2, 0.25) is 0 Å². The number of carbonyl (C=O) groups is 2. The Kier molecular flexibility index (Phi) is 5.30. The molecule has 2 aromatic rings. The fourth-order valence-electron chi connectivity index (χ4n) is 1.94. The van der Waals surface area contributed by atoms with Crippen LogP contribution in [0.25, 0.3) is 0 Å². The van der Waals surface area contributed by atoms with Crippen LogP contribution in [0.5, 0.6) is 0 Å². The van der Waals surface area contributed by atoms with Crippen LogP contribution >= 0.6 is 0 Å². The van der Waals surface area contributed by atoms with Crippen LogP contribution < -0.4 is 10.6 Å². The van der Waals surface area contributed by atoms with E-state index in [1.54, 1.807) is 50.5 Å². The second-order valence-electron chi connectivity index (χ2n) is 5.19. The SMILES string of the molecule is CN(C)C(=O)c1cccc(NC(=O)CNc2ccc(F)cc2)c1. The second-order valence-corrected chi connectivity index (χ2v) is 5.19. The van der Waals surface area contributed by atoms with E-state index in [1.807, 2.05) is 0 Å². The lowest BCUT2D eigenvalue weighted by Crippen LogP contribution is -2.23. The maximum Gasteiger partial charge on any atom is 0.253 e. The van der Waals surface area contributed by atoms with E-state index in [0.29, 0.717) is 16.9 Å². The van der Waals surface area contributed by atoms with Gasteiger partial charge in [-0.3, -0.25) is 9.59 Å². The monoisotopic (exact) mass is 315 g/mol. The molecule has 0 aliphatic carbocycles. The van der Waals surface area contributed by atoms with Crippen molar-refractivity contribution in [2.24, 2.45) is 0 Å². The molecule has 6 heteroatoms. The van der Waals surface area contributed by atoms with Gasteiger partial charge in [0.25, 0.3) is 5.91 Å². The van der Waals surface area contributed by atoms with Gasteiger partial charge >= 0.3 is 0 Å². The second kappa shape index (κ2) is 7.40. The molecule has 0 atom stereocenters. The van der Waals surface area contributed by atoms with Crippen molar-refractivity contribution in [2.45, 2.75) is 0 Å². The number of rotatable bonds is 5. The normalized spacial score (nSPS) is 10.0. The Labute approximate surface area is 134 Å². The summed E-state index contributed by atoms with van der Waals surface area (Å²) in [5.74, 6) is -0.725. The molecule has 0 fully saturated rings. The minimum Gasteiger partial charge on any atom is -0.376 e. The van der Waals surface area contributed by atoms with Crippen molar-refractivity contribution in [2.75, 3.05) is 31.3 Å². The molecule has 0 bridgehead atoms. The molecule has 0 radical (unpaired) electrons. The third-order valence-electron chi connectivity index (χ3n) is 3.10. The number of halogens is 1. The molecule has 0 saturated heterocycles. The first-order chi connectivity index (χ1) is 11.0. The summed E-state index contributed by atoms with van der Waals surface area (Å²) in [6.07, 6.45) is 0. The van der Waals surface area contributed by atoms with Crippen LogP contribution in [0.3, 0.4) is 0 Å². The van der Waals surface area contributed by atoms with Crippen LogP contribution in [-0.2, 0) is 4.79 Å². The first-order valence-corrected chi connectivity index (χ1v) is 7.07. The van der Waals surface area contributed by atoms with Gasteiger partial charge in [0.05, 0.1) is 6.54 Å². The number of nitrogens with one attached hydrogen (secondary N) is 2. The van der Waals surface area contributed by atoms with Crippen molar-refractivity contribution in [3.05, 3.63) is 59.9 Å². The molecule has 0 aliphatic heterocycles. The van der Waals surface area contributed by atoms with Crippen molar-refractivity contribution >= 4 is 23.2 Å². The molecule has 0 aromatic heterocycles. The third-order valence-corrected chi connectivity index (χ3v) is 3.10. The zero-order chi connectivity index (χ0) is 16.8. The summed E-state index contributed by atoms with van der Waals surface area (Å²) in [5, 5.41) is 5.61. The number of amides is 2. The highest BCUT2D eigenvalue weighted by atomic mass is 19.1. The summed E-state index contributed by atoms with van der Waals surface area (Å²) < 4.78 is 12.8. The molecule has 23 heavy (non-hydrogen) atoms. The average molecular weight is 315 g/mol. The topological polar surface area (TPSA) is 61.4 Å². The lowest BCUT2D eigenvalue weighted by atomic mass is 10.2. The molecule has 120 valence electrons. The number of anilines is 2. The van der Waals surface area contributed by atoms with E-state index in [9.17, 15) is 14.0 Å². The van der Waals surface area contributed by atoms with Gasteiger partial charge < -0.3 is 15.5 Å². The zero-order valence-corrected chi connectivity index (χ0v) is 13.0. The highest BCUT2D eigenvalue weighted by Gasteiger charge is 2.09. The minimum absolute atomic E-state index is 0.0392. The van der Waals surface area contributed by atoms with Crippen molar-refractivity contribution in [1.82, 2.24) is 4.90 Å². The van der Waals surface area contributed by atoms with Crippen LogP contribution in [0, 0.1) is 5.82 Å². The number of hydrogen-bond acceptors (Lipinski definition) is 3. The van der Waals surface area contributed by atoms with Crippen molar-refractivity contribution < 1.29 is 14.0 Å². The van der Waals surface area contributed by atoms with Gasteiger partial charge in [0.2, 0.25) is 5.91 Å². The molecular weight excluding hydrogens is 297 g/mol. The van der Waals surface area contributed by atoms with E-state index in [2.05, 4.69) is 10.6 Å². The first kappa shape index (κ1) is 16.5. The Morgan fingerprint density at radius 2 is 1.74 bits per heavy atom. The molecule has 0 saturated carbocycles. The van der Waals surface area contributed by atoms with Crippen molar-refractivity contribution in [3.63, 3.8) is 0 Å². The van der Waals surface area contributed by atoms with Crippen LogP contribution in [0.15, 0.2) is 48.5 Å². The predicted molar refractivity (Wildman–Crippen MR) is 88.0 cm³/mol. The Hall–Kier alpha value is -2.89. The molecule has 2 N–H and O–H groups in total. The molecule has 0 heterocycles. The van der Waals surface area contributed by atoms with Gasteiger partial charge in [0.1, 0.15) is 5.82 Å². The molecule has 2 aromatic carbocycles. The van der Waals surface area contributed by atoms with Gasteiger partial charge in [-0.1, -0.05) is 6.07 Å². The minimum atomic E-state index is -0.331. The van der Waals surface area contributed by atoms with E-state index < -0.39 is 0 Å². The largest absolute Gasteiger partial charge is 0.376 e. The van der Waals surface area contributed by atoms with E-state index >= 15 is 0 Å². The van der Waals surface area contributed by atoms with Gasteiger partial charge in [-0.2, -0.15) is 0 Å². The number of carbonyl (C=O) groups excluding carboxylic acids is 2. The maximum absolute atomic E-state index is 12.8. The molecule has 0 spiro atoms. The highest BCUT2D eigenvalue weighted by Crippen LogP contribution is 2.12. The molecule has 2 amide bonds. The van der Waals surface area contributed by atoms with Crippen LogP contribution in [0.4, 0.5) is 15.8 Å². The number of hydrogen-bond donors (Lipinski definition) is 2. The summed E-state index contributed by atoms with van der Waals surface area (Å²) in [4.78, 5) is 25.3. The summed E-state index contributed by atoms with van der Waals surface area (Å²) in [7, 11) is 3.33. The fourth-order valence-corrected chi connectivity index (χ4v) is 1.94. The quantitative estimate of drug-likeness (QED) is 0.891. The van der Waals surface area contributed by atoms with Gasteiger partial charge in [0, 0.05) is 31.0 Å². The molecule has 5 nitrogen and oxygen atoms in total. The molecular formula is C17H18FN3O2. The van der Waals surface area contributed by atoms with E-state index in [1.165, 1.54) is 17.0 Å². The predicted octanol–water partition coefficient (Wildman–Crippen LogP) is 2.58. The van der Waals surface area contributed by atoms with Crippen molar-refractivity contribution in [3.8, 4) is 0 Å². The van der Waals surface area contributed by atoms with Gasteiger partial charge in [-0.15, -0.1) is 0 Å². The lowest BCUT2D eigenvalue weighted by Gasteiger charge is -2.12. The number of benzene rings is 2. The third kappa shape index (κ3) is 4.81. The Morgan fingerprint density at radius 1 is 1.04 bits per heavy atom. The summed E-state index contributed by atoms with van der Waals surface area (Å²) in [6.45, 7) is 0.0392. The van der Waals surface area contributed by atoms with Crippen LogP contribution in [0.1, 0.15) is 10.4 Å². The Bertz CT molecular complexity index is 699. The van der Waals surface area contributed by atoms with Gasteiger partial charge in [-0.05, 0) is 42.5 Å². The molecule has 2 rings (SSSR count). The highest BCUT2D eigenvalue weighted by molar-refractivity contribution is 5.97. The summed E-state index contributed by atoms with van der Waals surface area (Å²) in [5.41, 5.74) is 1.70. The lowest BCUT2D eigenvalue weighted by molar-refractivity contribution is -0.114. The van der Waals surface area contributed by atoms with E-state index in [0.717, 1.165) is 0 Å². The fraction of sp³-hybridized carbons (Fsp3) is 0.176. The van der Waals surface area contributed by atoms with E-state index in [-0.39, 0.29) is 24.2 Å². The van der Waals surface area contributed by atoms with E-state index in [4.69, 9.17) is 0 Å². The zero-order valence-electron chi connectivity index (χ0n) is 13.0. The average Bonchev–Trinajstić information content (AvgIpc) is 2.53. The van der Waals surface area contributed by atoms with Gasteiger partial charge in [-0.25, -0.2) is 4.39 Å². The molecule has 0 aliphatic rings. The number of nitrogens with zero attached hydrogens (tertiary/aromatic N) is 1. The Morgan fingerprint density at radius 3 is 2.39 bits per heavy atom. The Balaban J connectivity index is 1.93. The maximum atomic E-state index is 12.8.